The van der Waals surface area contributed by atoms with Crippen molar-refractivity contribution in [3.05, 3.63) is 0 Å². The molecule has 0 spiro atoms. The zero-order valence-corrected chi connectivity index (χ0v) is 14.0. The van der Waals surface area contributed by atoms with Gasteiger partial charge in [0.15, 0.2) is 6.61 Å². The summed E-state index contributed by atoms with van der Waals surface area (Å²) in [6.07, 6.45) is -11.9. The molecule has 5 nitrogen and oxygen atoms in total. The molecule has 136 valence electrons. The van der Waals surface area contributed by atoms with Crippen LogP contribution in [0.25, 0.3) is 0 Å². The lowest BCUT2D eigenvalue weighted by Crippen LogP contribution is -2.60. The Balaban J connectivity index is 4.73. The number of alkyl halides is 7. The first-order chi connectivity index (χ1) is 10.1. The van der Waals surface area contributed by atoms with Crippen LogP contribution in [-0.4, -0.2) is 51.6 Å². The largest absolute Gasteiger partial charge is 0.459 e. The Bertz CT molecular complexity index is 431. The summed E-state index contributed by atoms with van der Waals surface area (Å²) in [7, 11) is 0. The molecule has 0 saturated heterocycles. The van der Waals surface area contributed by atoms with Crippen molar-refractivity contribution >= 4 is 34.5 Å². The van der Waals surface area contributed by atoms with E-state index in [0.717, 1.165) is 0 Å². The van der Waals surface area contributed by atoms with Crippen molar-refractivity contribution in [2.75, 3.05) is 13.2 Å². The predicted octanol–water partition coefficient (Wildman–Crippen LogP) is 2.53. The molecule has 0 fully saturated rings. The lowest BCUT2D eigenvalue weighted by molar-refractivity contribution is -0.375. The molecule has 1 unspecified atom stereocenters. The molecule has 0 aliphatic carbocycles. The van der Waals surface area contributed by atoms with E-state index in [9.17, 15) is 35.9 Å². The molecule has 0 rings (SSSR count). The van der Waals surface area contributed by atoms with Crippen LogP contribution in [0.4, 0.5) is 26.3 Å². The van der Waals surface area contributed by atoms with Crippen molar-refractivity contribution in [2.24, 2.45) is 0 Å². The Morgan fingerprint density at radius 3 is 1.83 bits per heavy atom. The van der Waals surface area contributed by atoms with Crippen LogP contribution in [0.2, 0.25) is 0 Å². The number of hydrogen-bond donors (Lipinski definition) is 1. The predicted molar refractivity (Wildman–Crippen MR) is 71.7 cm³/mol. The van der Waals surface area contributed by atoms with Crippen LogP contribution in [0.3, 0.4) is 0 Å². The maximum Gasteiger partial charge on any atom is 0.429 e. The van der Waals surface area contributed by atoms with E-state index in [2.05, 4.69) is 9.47 Å². The number of carbonyl (C=O) groups is 2. The van der Waals surface area contributed by atoms with Gasteiger partial charge in [-0.15, -0.1) is 0 Å². The zero-order chi connectivity index (χ0) is 18.7. The minimum Gasteiger partial charge on any atom is -0.459 e. The van der Waals surface area contributed by atoms with Gasteiger partial charge < -0.3 is 14.6 Å². The van der Waals surface area contributed by atoms with E-state index in [-0.39, 0.29) is 0 Å². The number of carbonyl (C=O) groups excluding carboxylic acids is 2. The Labute approximate surface area is 140 Å². The summed E-state index contributed by atoms with van der Waals surface area (Å²) in [5.74, 6) is -2.55. The highest BCUT2D eigenvalue weighted by atomic mass is 127. The van der Waals surface area contributed by atoms with Gasteiger partial charge in [0, 0.05) is 0 Å². The number of aliphatic hydroxyl groups is 1. The standard InChI is InChI=1S/C11H13F6IO5/c1-3-8(2,18)7(20)22-4-6(19)23-5-9(21,10(12,13)14)11(15,16)17/h21H,3-5H2,1-2H3. The van der Waals surface area contributed by atoms with Gasteiger partial charge in [0.2, 0.25) is 0 Å². The van der Waals surface area contributed by atoms with Crippen molar-refractivity contribution in [1.29, 1.82) is 0 Å². The fourth-order valence-electron chi connectivity index (χ4n) is 0.970. The van der Waals surface area contributed by atoms with Crippen LogP contribution in [0.1, 0.15) is 20.3 Å². The highest BCUT2D eigenvalue weighted by molar-refractivity contribution is 14.1. The lowest BCUT2D eigenvalue weighted by atomic mass is 10.0. The number of ether oxygens (including phenoxy) is 2. The quantitative estimate of drug-likeness (QED) is 0.282. The molecule has 0 aliphatic heterocycles. The van der Waals surface area contributed by atoms with Crippen LogP contribution in [0.15, 0.2) is 0 Å². The van der Waals surface area contributed by atoms with Crippen LogP contribution in [0, 0.1) is 0 Å². The summed E-state index contributed by atoms with van der Waals surface area (Å²) in [5, 5.41) is 8.74. The van der Waals surface area contributed by atoms with Crippen molar-refractivity contribution in [1.82, 2.24) is 0 Å². The van der Waals surface area contributed by atoms with Gasteiger partial charge >= 0.3 is 24.3 Å². The van der Waals surface area contributed by atoms with E-state index in [0.29, 0.717) is 6.42 Å². The van der Waals surface area contributed by atoms with Gasteiger partial charge in [0.05, 0.1) is 0 Å². The molecule has 12 heteroatoms. The topological polar surface area (TPSA) is 72.8 Å². The SMILES string of the molecule is CCC(C)(I)C(=O)OCC(=O)OCC(O)(C(F)(F)F)C(F)(F)F. The van der Waals surface area contributed by atoms with Crippen LogP contribution < -0.4 is 0 Å². The normalized spacial score (nSPS) is 15.7. The highest BCUT2D eigenvalue weighted by Crippen LogP contribution is 2.43. The fraction of sp³-hybridized carbons (Fsp3) is 0.818. The van der Waals surface area contributed by atoms with Gasteiger partial charge in [-0.25, -0.2) is 4.79 Å². The average Bonchev–Trinajstić information content (AvgIpc) is 2.39. The molecule has 0 radical (unpaired) electrons. The van der Waals surface area contributed by atoms with Gasteiger partial charge in [0.25, 0.3) is 5.60 Å². The first kappa shape index (κ1) is 22.2. The maximum atomic E-state index is 12.3. The highest BCUT2D eigenvalue weighted by Gasteiger charge is 2.71. The number of halogens is 7. The van der Waals surface area contributed by atoms with E-state index in [4.69, 9.17) is 5.11 Å². The third-order valence-corrected chi connectivity index (χ3v) is 3.99. The molecular weight excluding hydrogens is 453 g/mol. The maximum absolute atomic E-state index is 12.3. The smallest absolute Gasteiger partial charge is 0.429 e. The molecule has 0 bridgehead atoms. The van der Waals surface area contributed by atoms with Crippen molar-refractivity contribution in [2.45, 2.75) is 41.6 Å². The molecular formula is C11H13F6IO5. The third-order valence-electron chi connectivity index (χ3n) is 2.79. The molecule has 0 amide bonds. The molecule has 23 heavy (non-hydrogen) atoms. The van der Waals surface area contributed by atoms with Crippen molar-refractivity contribution < 1.29 is 50.5 Å². The molecule has 1 atom stereocenters. The van der Waals surface area contributed by atoms with Gasteiger partial charge in [-0.1, -0.05) is 29.5 Å². The van der Waals surface area contributed by atoms with Gasteiger partial charge in [-0.2, -0.15) is 26.3 Å². The Morgan fingerprint density at radius 2 is 1.48 bits per heavy atom. The number of hydrogen-bond acceptors (Lipinski definition) is 5. The molecule has 0 aromatic heterocycles. The van der Waals surface area contributed by atoms with Gasteiger partial charge in [0.1, 0.15) is 10.0 Å². The summed E-state index contributed by atoms with van der Waals surface area (Å²) in [5.41, 5.74) is -5.21. The Hall–Kier alpha value is -0.790. The van der Waals surface area contributed by atoms with Gasteiger partial charge in [-0.3, -0.25) is 4.79 Å². The van der Waals surface area contributed by atoms with Crippen molar-refractivity contribution in [3.8, 4) is 0 Å². The number of esters is 2. The lowest BCUT2D eigenvalue weighted by Gasteiger charge is -2.31. The van der Waals surface area contributed by atoms with E-state index in [1.165, 1.54) is 6.92 Å². The first-order valence-corrected chi connectivity index (χ1v) is 7.04. The fourth-order valence-corrected chi connectivity index (χ4v) is 1.13. The van der Waals surface area contributed by atoms with Gasteiger partial charge in [-0.05, 0) is 13.3 Å². The Kier molecular flexibility index (Phi) is 7.15. The molecule has 0 aliphatic rings. The number of rotatable bonds is 6. The second-order valence-electron chi connectivity index (χ2n) is 4.64. The second kappa shape index (κ2) is 7.40. The summed E-state index contributed by atoms with van der Waals surface area (Å²) in [4.78, 5) is 22.6. The third kappa shape index (κ3) is 5.65. The Morgan fingerprint density at radius 1 is 1.04 bits per heavy atom. The summed E-state index contributed by atoms with van der Waals surface area (Å²) in [6.45, 7) is -0.499. The van der Waals surface area contributed by atoms with E-state index >= 15 is 0 Å². The second-order valence-corrected chi connectivity index (χ2v) is 7.02. The van der Waals surface area contributed by atoms with E-state index < -0.39 is 46.5 Å². The monoisotopic (exact) mass is 466 g/mol. The zero-order valence-electron chi connectivity index (χ0n) is 11.8. The minimum atomic E-state index is -6.11. The molecule has 0 heterocycles. The van der Waals surface area contributed by atoms with Crippen LogP contribution >= 0.6 is 22.6 Å². The molecule has 0 saturated carbocycles. The molecule has 1 N–H and O–H groups in total. The average molecular weight is 466 g/mol. The minimum absolute atomic E-state index is 0.309. The van der Waals surface area contributed by atoms with Crippen LogP contribution in [-0.2, 0) is 19.1 Å². The summed E-state index contributed by atoms with van der Waals surface area (Å²) >= 11 is 1.70. The first-order valence-electron chi connectivity index (χ1n) is 5.96. The van der Waals surface area contributed by atoms with Crippen molar-refractivity contribution in [3.63, 3.8) is 0 Å². The summed E-state index contributed by atoms with van der Waals surface area (Å²) in [6, 6.07) is 0. The molecule has 0 aromatic carbocycles. The van der Waals surface area contributed by atoms with E-state index in [1.54, 1.807) is 29.5 Å². The van der Waals surface area contributed by atoms with E-state index in [1.807, 2.05) is 0 Å². The molecule has 0 aromatic rings. The van der Waals surface area contributed by atoms with Crippen LogP contribution in [0.5, 0.6) is 0 Å². The summed E-state index contributed by atoms with van der Waals surface area (Å²) < 4.78 is 81.1.